The molecule has 1 aromatic rings. The summed E-state index contributed by atoms with van der Waals surface area (Å²) in [6.07, 6.45) is 2.96. The summed E-state index contributed by atoms with van der Waals surface area (Å²) in [7, 11) is 1.30. The van der Waals surface area contributed by atoms with E-state index in [1.54, 1.807) is 0 Å². The summed E-state index contributed by atoms with van der Waals surface area (Å²) in [5.74, 6) is -1.05. The van der Waals surface area contributed by atoms with Gasteiger partial charge in [-0.2, -0.15) is 0 Å². The Morgan fingerprint density at radius 1 is 1.36 bits per heavy atom. The van der Waals surface area contributed by atoms with Crippen LogP contribution in [-0.4, -0.2) is 25.3 Å². The lowest BCUT2D eigenvalue weighted by Crippen LogP contribution is -2.44. The minimum atomic E-state index is -0.766. The molecular weight excluding hydrogens is 330 g/mol. The molecule has 4 nitrogen and oxygen atoms in total. The van der Waals surface area contributed by atoms with Crippen LogP contribution >= 0.6 is 0 Å². The molecule has 0 N–H and O–H groups in total. The molecule has 1 aliphatic heterocycles. The van der Waals surface area contributed by atoms with Gasteiger partial charge in [-0.05, 0) is 36.8 Å². The third-order valence-corrected chi connectivity index (χ3v) is 5.31. The number of carbonyl (C=O) groups is 1. The van der Waals surface area contributed by atoms with E-state index in [0.717, 1.165) is 12.1 Å². The van der Waals surface area contributed by atoms with E-state index in [0.29, 0.717) is 18.6 Å². The van der Waals surface area contributed by atoms with Gasteiger partial charge < -0.3 is 14.2 Å². The van der Waals surface area contributed by atoms with Crippen LogP contribution in [0.25, 0.3) is 0 Å². The molecule has 25 heavy (non-hydrogen) atoms. The smallest absolute Gasteiger partial charge is 0.189 e. The SMILES string of the molecule is CC[C@H]1C[C@]2([C@H](C)Cc3cc(F)c(OC)cc3F)OCOC2=CC1=O. The molecule has 0 saturated carbocycles. The Hall–Kier alpha value is -1.95. The maximum atomic E-state index is 14.3. The standard InChI is InChI=1S/C19H22F2O4/c1-4-12-9-19(18(8-16(12)22)24-10-25-19)11(2)5-13-6-15(21)17(23-3)7-14(13)20/h6-8,11-12H,4-5,9-10H2,1-3H3/t11-,12+,19-/m1/s1. The molecule has 0 radical (unpaired) electrons. The summed E-state index contributed by atoms with van der Waals surface area (Å²) in [5.41, 5.74) is -0.516. The fraction of sp³-hybridized carbons (Fsp3) is 0.526. The number of ketones is 1. The Morgan fingerprint density at radius 2 is 2.12 bits per heavy atom. The van der Waals surface area contributed by atoms with Crippen LogP contribution in [-0.2, 0) is 20.7 Å². The van der Waals surface area contributed by atoms with Crippen LogP contribution in [0.3, 0.4) is 0 Å². The summed E-state index contributed by atoms with van der Waals surface area (Å²) >= 11 is 0. The normalized spacial score (nSPS) is 26.7. The molecule has 0 spiro atoms. The van der Waals surface area contributed by atoms with Gasteiger partial charge in [-0.15, -0.1) is 0 Å². The average molecular weight is 352 g/mol. The van der Waals surface area contributed by atoms with Crippen molar-refractivity contribution in [3.05, 3.63) is 41.2 Å². The van der Waals surface area contributed by atoms with Crippen molar-refractivity contribution in [1.29, 1.82) is 0 Å². The highest BCUT2D eigenvalue weighted by atomic mass is 19.1. The van der Waals surface area contributed by atoms with Gasteiger partial charge in [-0.25, -0.2) is 8.78 Å². The van der Waals surface area contributed by atoms with Crippen molar-refractivity contribution >= 4 is 5.78 Å². The number of hydrogen-bond acceptors (Lipinski definition) is 4. The number of rotatable bonds is 5. The molecule has 1 heterocycles. The predicted octanol–water partition coefficient (Wildman–Crippen LogP) is 3.78. The molecule has 136 valence electrons. The Balaban J connectivity index is 1.90. The van der Waals surface area contributed by atoms with Crippen LogP contribution in [0.15, 0.2) is 24.0 Å². The largest absolute Gasteiger partial charge is 0.494 e. The number of hydrogen-bond donors (Lipinski definition) is 0. The van der Waals surface area contributed by atoms with E-state index >= 15 is 0 Å². The third-order valence-electron chi connectivity index (χ3n) is 5.31. The Morgan fingerprint density at radius 3 is 2.80 bits per heavy atom. The van der Waals surface area contributed by atoms with Gasteiger partial charge in [-0.3, -0.25) is 4.79 Å². The van der Waals surface area contributed by atoms with Gasteiger partial charge in [0.25, 0.3) is 0 Å². The van der Waals surface area contributed by atoms with E-state index in [1.165, 1.54) is 13.2 Å². The molecule has 1 aromatic carbocycles. The van der Waals surface area contributed by atoms with Crippen molar-refractivity contribution in [3.8, 4) is 5.75 Å². The van der Waals surface area contributed by atoms with Crippen molar-refractivity contribution < 1.29 is 27.8 Å². The van der Waals surface area contributed by atoms with Gasteiger partial charge in [0.15, 0.2) is 24.1 Å². The highest BCUT2D eigenvalue weighted by molar-refractivity contribution is 5.93. The van der Waals surface area contributed by atoms with Gasteiger partial charge in [-0.1, -0.05) is 13.8 Å². The number of carbonyl (C=O) groups excluding carboxylic acids is 1. The van der Waals surface area contributed by atoms with E-state index in [4.69, 9.17) is 14.2 Å². The topological polar surface area (TPSA) is 44.8 Å². The van der Waals surface area contributed by atoms with Crippen LogP contribution in [0.1, 0.15) is 32.3 Å². The molecule has 1 fully saturated rings. The van der Waals surface area contributed by atoms with E-state index in [9.17, 15) is 13.6 Å². The maximum Gasteiger partial charge on any atom is 0.189 e. The number of benzene rings is 1. The first-order chi connectivity index (χ1) is 11.9. The molecular formula is C19H22F2O4. The fourth-order valence-corrected chi connectivity index (χ4v) is 3.74. The summed E-state index contributed by atoms with van der Waals surface area (Å²) in [6, 6.07) is 2.21. The zero-order valence-electron chi connectivity index (χ0n) is 14.6. The van der Waals surface area contributed by atoms with E-state index in [-0.39, 0.29) is 42.1 Å². The van der Waals surface area contributed by atoms with Crippen LogP contribution in [0.2, 0.25) is 0 Å². The number of ether oxygens (including phenoxy) is 3. The van der Waals surface area contributed by atoms with Crippen LogP contribution < -0.4 is 4.74 Å². The van der Waals surface area contributed by atoms with Crippen molar-refractivity contribution in [1.82, 2.24) is 0 Å². The molecule has 0 bridgehead atoms. The van der Waals surface area contributed by atoms with Crippen molar-refractivity contribution in [2.45, 2.75) is 38.7 Å². The molecule has 0 aromatic heterocycles. The van der Waals surface area contributed by atoms with E-state index < -0.39 is 17.2 Å². The molecule has 3 rings (SSSR count). The Bertz CT molecular complexity index is 716. The quantitative estimate of drug-likeness (QED) is 0.809. The van der Waals surface area contributed by atoms with Gasteiger partial charge >= 0.3 is 0 Å². The minimum absolute atomic E-state index is 0.0347. The third kappa shape index (κ3) is 3.03. The van der Waals surface area contributed by atoms with Gasteiger partial charge in [0, 0.05) is 18.1 Å². The first-order valence-corrected chi connectivity index (χ1v) is 8.46. The second-order valence-corrected chi connectivity index (χ2v) is 6.70. The van der Waals surface area contributed by atoms with Crippen LogP contribution in [0.4, 0.5) is 8.78 Å². The summed E-state index contributed by atoms with van der Waals surface area (Å²) in [5, 5.41) is 0. The van der Waals surface area contributed by atoms with E-state index in [2.05, 4.69) is 0 Å². The second kappa shape index (κ2) is 6.75. The summed E-state index contributed by atoms with van der Waals surface area (Å²) < 4.78 is 44.5. The molecule has 2 aliphatic rings. The lowest BCUT2D eigenvalue weighted by atomic mass is 9.71. The number of allylic oxidation sites excluding steroid dienone is 1. The zero-order valence-corrected chi connectivity index (χ0v) is 14.6. The highest BCUT2D eigenvalue weighted by Crippen LogP contribution is 2.46. The zero-order chi connectivity index (χ0) is 18.2. The molecule has 1 aliphatic carbocycles. The highest BCUT2D eigenvalue weighted by Gasteiger charge is 2.51. The molecule has 3 atom stereocenters. The summed E-state index contributed by atoms with van der Waals surface area (Å²) in [6.45, 7) is 3.93. The monoisotopic (exact) mass is 352 g/mol. The van der Waals surface area contributed by atoms with Gasteiger partial charge in [0.05, 0.1) is 7.11 Å². The summed E-state index contributed by atoms with van der Waals surface area (Å²) in [4.78, 5) is 12.1. The number of halogens is 2. The first kappa shape index (κ1) is 17.9. The lowest BCUT2D eigenvalue weighted by molar-refractivity contribution is -0.123. The van der Waals surface area contributed by atoms with Crippen molar-refractivity contribution in [2.75, 3.05) is 13.9 Å². The first-order valence-electron chi connectivity index (χ1n) is 8.46. The number of fused-ring (bicyclic) bond motifs is 1. The van der Waals surface area contributed by atoms with E-state index in [1.807, 2.05) is 13.8 Å². The lowest BCUT2D eigenvalue weighted by Gasteiger charge is -2.38. The predicted molar refractivity (Wildman–Crippen MR) is 87.0 cm³/mol. The molecule has 0 amide bonds. The Labute approximate surface area is 145 Å². The Kier molecular flexibility index (Phi) is 4.82. The maximum absolute atomic E-state index is 14.3. The van der Waals surface area contributed by atoms with Crippen LogP contribution in [0.5, 0.6) is 5.75 Å². The fourth-order valence-electron chi connectivity index (χ4n) is 3.74. The molecule has 6 heteroatoms. The van der Waals surface area contributed by atoms with Gasteiger partial charge in [0.2, 0.25) is 0 Å². The number of methoxy groups -OCH3 is 1. The molecule has 0 unspecified atom stereocenters. The second-order valence-electron chi connectivity index (χ2n) is 6.70. The van der Waals surface area contributed by atoms with Crippen molar-refractivity contribution in [3.63, 3.8) is 0 Å². The van der Waals surface area contributed by atoms with Crippen LogP contribution in [0, 0.1) is 23.5 Å². The minimum Gasteiger partial charge on any atom is -0.494 e. The molecule has 1 saturated heterocycles. The van der Waals surface area contributed by atoms with Gasteiger partial charge in [0.1, 0.15) is 17.2 Å². The average Bonchev–Trinajstić information content (AvgIpc) is 3.00. The van der Waals surface area contributed by atoms with Crippen molar-refractivity contribution in [2.24, 2.45) is 11.8 Å².